The van der Waals surface area contributed by atoms with Crippen molar-refractivity contribution < 1.29 is 14.6 Å². The Hall–Kier alpha value is -1.55. The first-order chi connectivity index (χ1) is 11.2. The molecule has 0 unspecified atom stereocenters. The van der Waals surface area contributed by atoms with Gasteiger partial charge in [0.25, 0.3) is 0 Å². The van der Waals surface area contributed by atoms with E-state index >= 15 is 0 Å². The van der Waals surface area contributed by atoms with Gasteiger partial charge in [0.2, 0.25) is 0 Å². The largest absolute Gasteiger partial charge is 0.493 e. The van der Waals surface area contributed by atoms with Crippen LogP contribution in [0, 0.1) is 11.3 Å². The maximum Gasteiger partial charge on any atom is 0.311 e. The number of fused-ring (bicyclic) bond motifs is 2. The molecule has 1 aromatic rings. The summed E-state index contributed by atoms with van der Waals surface area (Å²) in [5, 5.41) is 9.65. The molecule has 1 saturated heterocycles. The van der Waals surface area contributed by atoms with Gasteiger partial charge in [-0.3, -0.25) is 4.79 Å². The van der Waals surface area contributed by atoms with Crippen LogP contribution in [-0.2, 0) is 17.6 Å². The van der Waals surface area contributed by atoms with Crippen molar-refractivity contribution >= 4 is 5.97 Å². The molecule has 2 heterocycles. The number of rotatable bonds is 5. The molecular formula is C19H25NO3. The topological polar surface area (TPSA) is 49.8 Å². The van der Waals surface area contributed by atoms with Gasteiger partial charge in [-0.1, -0.05) is 18.6 Å². The minimum Gasteiger partial charge on any atom is -0.493 e. The van der Waals surface area contributed by atoms with Gasteiger partial charge in [-0.05, 0) is 55.3 Å². The third-order valence-corrected chi connectivity index (χ3v) is 6.06. The molecule has 4 nitrogen and oxygen atoms in total. The van der Waals surface area contributed by atoms with Gasteiger partial charge in [0, 0.05) is 19.5 Å². The molecule has 124 valence electrons. The van der Waals surface area contributed by atoms with Gasteiger partial charge in [-0.15, -0.1) is 0 Å². The standard InChI is InChI=1S/C19H25NO3/c21-18(22)19-8-1-4-16(19)12-20(13-19)9-2-3-14-5-6-17-15(11-14)7-10-23-17/h5-6,11,16H,1-4,7-10,12-13H2,(H,21,22)/t16-,19+/m0/s1. The number of aryl methyl sites for hydroxylation is 1. The Bertz CT molecular complexity index is 615. The van der Waals surface area contributed by atoms with Crippen LogP contribution < -0.4 is 4.74 Å². The highest BCUT2D eigenvalue weighted by atomic mass is 16.5. The van der Waals surface area contributed by atoms with E-state index in [0.717, 1.165) is 70.5 Å². The number of benzene rings is 1. The van der Waals surface area contributed by atoms with Crippen molar-refractivity contribution in [3.8, 4) is 5.75 Å². The van der Waals surface area contributed by atoms with Crippen LogP contribution >= 0.6 is 0 Å². The maximum absolute atomic E-state index is 11.7. The quantitative estimate of drug-likeness (QED) is 0.908. The smallest absolute Gasteiger partial charge is 0.311 e. The van der Waals surface area contributed by atoms with Crippen molar-refractivity contribution in [3.63, 3.8) is 0 Å². The number of carbonyl (C=O) groups is 1. The van der Waals surface area contributed by atoms with E-state index in [0.29, 0.717) is 5.92 Å². The second-order valence-corrected chi connectivity index (χ2v) is 7.43. The summed E-state index contributed by atoms with van der Waals surface area (Å²) in [5.41, 5.74) is 2.27. The van der Waals surface area contributed by atoms with Gasteiger partial charge in [0.05, 0.1) is 12.0 Å². The summed E-state index contributed by atoms with van der Waals surface area (Å²) in [4.78, 5) is 14.1. The van der Waals surface area contributed by atoms with Gasteiger partial charge in [-0.25, -0.2) is 0 Å². The highest BCUT2D eigenvalue weighted by molar-refractivity contribution is 5.76. The summed E-state index contributed by atoms with van der Waals surface area (Å²) < 4.78 is 5.55. The molecule has 0 amide bonds. The second kappa shape index (κ2) is 5.82. The summed E-state index contributed by atoms with van der Waals surface area (Å²) in [6, 6.07) is 6.54. The summed E-state index contributed by atoms with van der Waals surface area (Å²) in [5.74, 6) is 0.850. The molecule has 1 aliphatic carbocycles. The fraction of sp³-hybridized carbons (Fsp3) is 0.632. The average molecular weight is 315 g/mol. The number of hydrogen-bond acceptors (Lipinski definition) is 3. The average Bonchev–Trinajstić information content (AvgIpc) is 3.19. The van der Waals surface area contributed by atoms with Crippen molar-refractivity contribution in [2.75, 3.05) is 26.2 Å². The molecule has 2 fully saturated rings. The Kier molecular flexibility index (Phi) is 3.80. The Morgan fingerprint density at radius 3 is 3.17 bits per heavy atom. The molecule has 4 rings (SSSR count). The molecule has 2 atom stereocenters. The number of hydrogen-bond donors (Lipinski definition) is 1. The molecule has 3 aliphatic rings. The van der Waals surface area contributed by atoms with E-state index in [1.807, 2.05) is 0 Å². The van der Waals surface area contributed by atoms with E-state index in [2.05, 4.69) is 23.1 Å². The normalized spacial score (nSPS) is 29.3. The Balaban J connectivity index is 1.31. The van der Waals surface area contributed by atoms with Gasteiger partial charge in [0.1, 0.15) is 5.75 Å². The molecule has 1 saturated carbocycles. The van der Waals surface area contributed by atoms with E-state index in [1.54, 1.807) is 0 Å². The van der Waals surface area contributed by atoms with E-state index in [9.17, 15) is 9.90 Å². The van der Waals surface area contributed by atoms with Crippen molar-refractivity contribution in [1.29, 1.82) is 0 Å². The zero-order valence-electron chi connectivity index (χ0n) is 13.6. The third kappa shape index (κ3) is 2.63. The van der Waals surface area contributed by atoms with Crippen LogP contribution in [0.15, 0.2) is 18.2 Å². The van der Waals surface area contributed by atoms with Crippen molar-refractivity contribution in [1.82, 2.24) is 4.90 Å². The highest BCUT2D eigenvalue weighted by Crippen LogP contribution is 2.48. The zero-order chi connectivity index (χ0) is 15.9. The molecular weight excluding hydrogens is 290 g/mol. The van der Waals surface area contributed by atoms with Crippen LogP contribution in [0.3, 0.4) is 0 Å². The van der Waals surface area contributed by atoms with E-state index in [4.69, 9.17) is 4.74 Å². The van der Waals surface area contributed by atoms with Gasteiger partial charge < -0.3 is 14.7 Å². The SMILES string of the molecule is O=C(O)[C@@]12CCC[C@H]1CN(CCCc1ccc3c(c1)CCO3)C2. The molecule has 2 aliphatic heterocycles. The van der Waals surface area contributed by atoms with Crippen LogP contribution in [-0.4, -0.2) is 42.2 Å². The lowest BCUT2D eigenvalue weighted by Gasteiger charge is -2.23. The van der Waals surface area contributed by atoms with Crippen molar-refractivity contribution in [2.45, 2.75) is 38.5 Å². The predicted octanol–water partition coefficient (Wildman–Crippen LogP) is 2.74. The summed E-state index contributed by atoms with van der Waals surface area (Å²) in [6.07, 6.45) is 6.23. The number of nitrogens with zero attached hydrogens (tertiary/aromatic N) is 1. The Labute approximate surface area is 137 Å². The minimum absolute atomic E-state index is 0.372. The lowest BCUT2D eigenvalue weighted by molar-refractivity contribution is -0.149. The first-order valence-electron chi connectivity index (χ1n) is 8.88. The fourth-order valence-electron chi connectivity index (χ4n) is 4.82. The first kappa shape index (κ1) is 15.0. The number of aliphatic carboxylic acids is 1. The molecule has 0 aromatic heterocycles. The number of likely N-dealkylation sites (tertiary alicyclic amines) is 1. The summed E-state index contributed by atoms with van der Waals surface area (Å²) in [7, 11) is 0. The lowest BCUT2D eigenvalue weighted by atomic mass is 9.81. The third-order valence-electron chi connectivity index (χ3n) is 6.06. The monoisotopic (exact) mass is 315 g/mol. The maximum atomic E-state index is 11.7. The Morgan fingerprint density at radius 1 is 1.43 bits per heavy atom. The van der Waals surface area contributed by atoms with Crippen LogP contribution in [0.4, 0.5) is 0 Å². The van der Waals surface area contributed by atoms with E-state index < -0.39 is 11.4 Å². The number of carboxylic acids is 1. The molecule has 4 heteroatoms. The number of carboxylic acid groups (broad SMARTS) is 1. The molecule has 1 N–H and O–H groups in total. The highest BCUT2D eigenvalue weighted by Gasteiger charge is 2.54. The van der Waals surface area contributed by atoms with Crippen LogP contribution in [0.2, 0.25) is 0 Å². The fourth-order valence-corrected chi connectivity index (χ4v) is 4.82. The first-order valence-corrected chi connectivity index (χ1v) is 8.88. The summed E-state index contributed by atoms with van der Waals surface area (Å²) in [6.45, 7) is 3.56. The molecule has 23 heavy (non-hydrogen) atoms. The Morgan fingerprint density at radius 2 is 2.35 bits per heavy atom. The summed E-state index contributed by atoms with van der Waals surface area (Å²) >= 11 is 0. The van der Waals surface area contributed by atoms with E-state index in [-0.39, 0.29) is 0 Å². The molecule has 0 bridgehead atoms. The molecule has 0 spiro atoms. The van der Waals surface area contributed by atoms with Gasteiger partial charge >= 0.3 is 5.97 Å². The van der Waals surface area contributed by atoms with E-state index in [1.165, 1.54) is 11.1 Å². The minimum atomic E-state index is -0.568. The predicted molar refractivity (Wildman–Crippen MR) is 87.8 cm³/mol. The lowest BCUT2D eigenvalue weighted by Crippen LogP contribution is -2.35. The van der Waals surface area contributed by atoms with Crippen molar-refractivity contribution in [3.05, 3.63) is 29.3 Å². The van der Waals surface area contributed by atoms with Gasteiger partial charge in [0.15, 0.2) is 0 Å². The van der Waals surface area contributed by atoms with Crippen LogP contribution in [0.25, 0.3) is 0 Å². The van der Waals surface area contributed by atoms with Crippen LogP contribution in [0.5, 0.6) is 5.75 Å². The number of ether oxygens (including phenoxy) is 1. The van der Waals surface area contributed by atoms with Crippen LogP contribution in [0.1, 0.15) is 36.8 Å². The van der Waals surface area contributed by atoms with Crippen molar-refractivity contribution in [2.24, 2.45) is 11.3 Å². The van der Waals surface area contributed by atoms with Gasteiger partial charge in [-0.2, -0.15) is 0 Å². The molecule has 0 radical (unpaired) electrons. The zero-order valence-corrected chi connectivity index (χ0v) is 13.6. The molecule has 1 aromatic carbocycles. The second-order valence-electron chi connectivity index (χ2n) is 7.43.